The van der Waals surface area contributed by atoms with Gasteiger partial charge in [0, 0.05) is 40.4 Å². The van der Waals surface area contributed by atoms with Crippen LogP contribution in [0.5, 0.6) is 0 Å². The molecule has 6 aromatic carbocycles. The average molecular weight is 735 g/mol. The lowest BCUT2D eigenvalue weighted by Crippen LogP contribution is -2.41. The van der Waals surface area contributed by atoms with E-state index in [4.69, 9.17) is 9.31 Å². The van der Waals surface area contributed by atoms with Crippen molar-refractivity contribution < 1.29 is 9.31 Å². The van der Waals surface area contributed by atoms with E-state index in [0.717, 1.165) is 34.8 Å². The fourth-order valence-corrected chi connectivity index (χ4v) is 7.88. The molecular weight excluding hydrogens is 683 g/mol. The molecule has 0 aromatic heterocycles. The molecule has 56 heavy (non-hydrogen) atoms. The van der Waals surface area contributed by atoms with E-state index in [1.54, 1.807) is 0 Å². The first-order valence-corrected chi connectivity index (χ1v) is 19.8. The molecule has 0 aliphatic carbocycles. The summed E-state index contributed by atoms with van der Waals surface area (Å²) in [4.78, 5) is 4.83. The molecule has 0 unspecified atom stereocenters. The molecule has 0 radical (unpaired) electrons. The zero-order chi connectivity index (χ0) is 39.1. The lowest BCUT2D eigenvalue weighted by atomic mass is 9.69. The van der Waals surface area contributed by atoms with Crippen molar-refractivity contribution in [2.75, 3.05) is 16.3 Å². The molecule has 0 N–H and O–H groups in total. The van der Waals surface area contributed by atoms with Gasteiger partial charge in [-0.3, -0.25) is 0 Å². The average Bonchev–Trinajstić information content (AvgIpc) is 3.45. The van der Waals surface area contributed by atoms with E-state index in [0.29, 0.717) is 0 Å². The van der Waals surface area contributed by atoms with Crippen LogP contribution < -0.4 is 15.3 Å². The topological polar surface area (TPSA) is 24.9 Å². The molecule has 2 heterocycles. The Kier molecular flexibility index (Phi) is 9.86. The monoisotopic (exact) mass is 734 g/mol. The number of hydrogen-bond donors (Lipinski definition) is 0. The molecule has 0 amide bonds. The van der Waals surface area contributed by atoms with Gasteiger partial charge in [0.2, 0.25) is 0 Å². The Morgan fingerprint density at radius 3 is 1.54 bits per heavy atom. The molecule has 0 atom stereocenters. The Morgan fingerprint density at radius 2 is 1.05 bits per heavy atom. The molecular formula is C51H51BN2O2. The Labute approximate surface area is 333 Å². The van der Waals surface area contributed by atoms with Gasteiger partial charge in [0.25, 0.3) is 0 Å². The van der Waals surface area contributed by atoms with Crippen molar-refractivity contribution in [3.63, 3.8) is 0 Å². The molecule has 5 heteroatoms. The van der Waals surface area contributed by atoms with Gasteiger partial charge in [-0.15, -0.1) is 0 Å². The van der Waals surface area contributed by atoms with Gasteiger partial charge in [-0.2, -0.15) is 0 Å². The second-order valence-electron chi connectivity index (χ2n) is 16.5. The van der Waals surface area contributed by atoms with Crippen molar-refractivity contribution >= 4 is 35.3 Å². The minimum absolute atomic E-state index is 0.311. The summed E-state index contributed by atoms with van der Waals surface area (Å²) in [5, 5.41) is 0. The SMILES string of the molecule is C/C=C(\C=C1/CN(c2ccccc2)c2ccc(B3OC(C)(C)C(C)(C)O3)cc2C1(C)C)N(c1ccc(-c2ccccc2)cc1)c1ccc(-c2ccccc2)cc1. The molecule has 2 aliphatic rings. The van der Waals surface area contributed by atoms with E-state index >= 15 is 0 Å². The summed E-state index contributed by atoms with van der Waals surface area (Å²) < 4.78 is 13.1. The normalized spacial score (nSPS) is 17.8. The maximum Gasteiger partial charge on any atom is 0.494 e. The number of fused-ring (bicyclic) bond motifs is 1. The van der Waals surface area contributed by atoms with Gasteiger partial charge in [-0.25, -0.2) is 0 Å². The van der Waals surface area contributed by atoms with Crippen molar-refractivity contribution in [3.05, 3.63) is 187 Å². The Bertz CT molecular complexity index is 2270. The predicted molar refractivity (Wildman–Crippen MR) is 236 cm³/mol. The molecule has 1 fully saturated rings. The van der Waals surface area contributed by atoms with Crippen LogP contribution in [0.15, 0.2) is 181 Å². The fourth-order valence-electron chi connectivity index (χ4n) is 7.88. The highest BCUT2D eigenvalue weighted by atomic mass is 16.7. The van der Waals surface area contributed by atoms with Gasteiger partial charge in [0.15, 0.2) is 0 Å². The van der Waals surface area contributed by atoms with Crippen LogP contribution in [-0.4, -0.2) is 24.9 Å². The number of allylic oxidation sites excluding steroid dienone is 2. The highest BCUT2D eigenvalue weighted by molar-refractivity contribution is 6.62. The van der Waals surface area contributed by atoms with Gasteiger partial charge in [-0.1, -0.05) is 135 Å². The first-order valence-electron chi connectivity index (χ1n) is 19.8. The van der Waals surface area contributed by atoms with Crippen LogP contribution in [0.2, 0.25) is 0 Å². The molecule has 8 rings (SSSR count). The zero-order valence-electron chi connectivity index (χ0n) is 33.7. The van der Waals surface area contributed by atoms with E-state index in [9.17, 15) is 0 Å². The van der Waals surface area contributed by atoms with Crippen molar-refractivity contribution in [1.29, 1.82) is 0 Å². The quantitative estimate of drug-likeness (QED) is 0.145. The number of anilines is 4. The van der Waals surface area contributed by atoms with Crippen molar-refractivity contribution in [1.82, 2.24) is 0 Å². The number of rotatable bonds is 8. The Morgan fingerprint density at radius 1 is 0.589 bits per heavy atom. The third-order valence-electron chi connectivity index (χ3n) is 12.1. The van der Waals surface area contributed by atoms with Crippen molar-refractivity contribution in [3.8, 4) is 22.3 Å². The summed E-state index contributed by atoms with van der Waals surface area (Å²) >= 11 is 0. The van der Waals surface area contributed by atoms with Crippen LogP contribution in [0.25, 0.3) is 22.3 Å². The fraction of sp³-hybridized carbons (Fsp3) is 0.216. The summed E-state index contributed by atoms with van der Waals surface area (Å²) in [5.74, 6) is 0. The summed E-state index contributed by atoms with van der Waals surface area (Å²) in [5.41, 5.74) is 12.9. The second kappa shape index (κ2) is 14.8. The summed E-state index contributed by atoms with van der Waals surface area (Å²) in [6, 6.07) is 56.5. The zero-order valence-corrected chi connectivity index (χ0v) is 33.7. The molecule has 0 saturated carbocycles. The number of nitrogens with zero attached hydrogens (tertiary/aromatic N) is 2. The van der Waals surface area contributed by atoms with Crippen LogP contribution in [-0.2, 0) is 14.7 Å². The number of benzene rings is 6. The molecule has 1 saturated heterocycles. The highest BCUT2D eigenvalue weighted by Crippen LogP contribution is 2.47. The van der Waals surface area contributed by atoms with Gasteiger partial charge < -0.3 is 19.1 Å². The lowest BCUT2D eigenvalue weighted by molar-refractivity contribution is 0.00578. The van der Waals surface area contributed by atoms with E-state index < -0.39 is 18.3 Å². The van der Waals surface area contributed by atoms with Crippen LogP contribution in [0.4, 0.5) is 22.7 Å². The first-order chi connectivity index (χ1) is 26.9. The smallest absolute Gasteiger partial charge is 0.399 e. The van der Waals surface area contributed by atoms with Crippen LogP contribution in [0.1, 0.15) is 54.0 Å². The van der Waals surface area contributed by atoms with Gasteiger partial charge in [0.1, 0.15) is 0 Å². The highest BCUT2D eigenvalue weighted by Gasteiger charge is 2.52. The molecule has 6 aromatic rings. The van der Waals surface area contributed by atoms with Gasteiger partial charge in [0.05, 0.1) is 11.2 Å². The number of para-hydroxylation sites is 1. The molecule has 2 aliphatic heterocycles. The summed E-state index contributed by atoms with van der Waals surface area (Å²) in [6.07, 6.45) is 4.65. The summed E-state index contributed by atoms with van der Waals surface area (Å²) in [7, 11) is -0.445. The first kappa shape index (κ1) is 37.3. The maximum absolute atomic E-state index is 6.57. The minimum Gasteiger partial charge on any atom is -0.399 e. The third-order valence-corrected chi connectivity index (χ3v) is 12.1. The van der Waals surface area contributed by atoms with E-state index in [1.165, 1.54) is 39.1 Å². The van der Waals surface area contributed by atoms with Gasteiger partial charge >= 0.3 is 7.12 Å². The molecule has 0 bridgehead atoms. The van der Waals surface area contributed by atoms with Crippen LogP contribution in [0, 0.1) is 0 Å². The largest absolute Gasteiger partial charge is 0.494 e. The number of hydrogen-bond acceptors (Lipinski definition) is 4. The van der Waals surface area contributed by atoms with Crippen molar-refractivity contribution in [2.45, 2.75) is 65.1 Å². The Hall–Kier alpha value is -5.62. The van der Waals surface area contributed by atoms with Crippen LogP contribution >= 0.6 is 0 Å². The summed E-state index contributed by atoms with van der Waals surface area (Å²) in [6.45, 7) is 16.1. The Balaban J connectivity index is 1.23. The predicted octanol–water partition coefficient (Wildman–Crippen LogP) is 12.4. The molecule has 0 spiro atoms. The van der Waals surface area contributed by atoms with Gasteiger partial charge in [-0.05, 0) is 122 Å². The minimum atomic E-state index is -0.445. The maximum atomic E-state index is 6.57. The molecule has 4 nitrogen and oxygen atoms in total. The van der Waals surface area contributed by atoms with Crippen LogP contribution in [0.3, 0.4) is 0 Å². The van der Waals surface area contributed by atoms with E-state index in [1.807, 2.05) is 0 Å². The lowest BCUT2D eigenvalue weighted by Gasteiger charge is -2.43. The second-order valence-corrected chi connectivity index (χ2v) is 16.5. The van der Waals surface area contributed by atoms with E-state index in [2.05, 4.69) is 228 Å². The van der Waals surface area contributed by atoms with E-state index in [-0.39, 0.29) is 5.41 Å². The molecule has 280 valence electrons. The standard InChI is InChI=1S/C51H51BN2O2/c1-8-43(54(45-29-24-39(25-30-45)37-18-12-9-13-19-37)46-31-26-40(27-32-46)38-20-14-10-15-21-38)34-41-36-53(44-22-16-11-17-23-44)48-33-28-42(35-47(48)49(41,2)3)52-55-50(4,5)51(6,7)56-52/h8-35H,36H2,1-7H3/b41-34+,43-8+. The third kappa shape index (κ3) is 7.02. The van der Waals surface area contributed by atoms with Crippen molar-refractivity contribution in [2.24, 2.45) is 0 Å².